The second-order valence-corrected chi connectivity index (χ2v) is 3.08. The SMILES string of the molecule is O=C(O)[C@H](CO)NCc1ccc(F)cc1. The molecule has 0 fully saturated rings. The number of carbonyl (C=O) groups is 1. The first-order valence-electron chi connectivity index (χ1n) is 4.45. The van der Waals surface area contributed by atoms with Crippen molar-refractivity contribution >= 4 is 5.97 Å². The van der Waals surface area contributed by atoms with Crippen molar-refractivity contribution < 1.29 is 19.4 Å². The first-order valence-corrected chi connectivity index (χ1v) is 4.45. The summed E-state index contributed by atoms with van der Waals surface area (Å²) in [5.41, 5.74) is 0.760. The van der Waals surface area contributed by atoms with Gasteiger partial charge >= 0.3 is 5.97 Å². The van der Waals surface area contributed by atoms with Gasteiger partial charge in [-0.3, -0.25) is 10.1 Å². The normalized spacial score (nSPS) is 12.4. The summed E-state index contributed by atoms with van der Waals surface area (Å²) in [4.78, 5) is 10.5. The lowest BCUT2D eigenvalue weighted by molar-refractivity contribution is -0.140. The van der Waals surface area contributed by atoms with Gasteiger partial charge < -0.3 is 10.2 Å². The topological polar surface area (TPSA) is 69.6 Å². The Labute approximate surface area is 86.4 Å². The van der Waals surface area contributed by atoms with E-state index in [0.717, 1.165) is 5.56 Å². The van der Waals surface area contributed by atoms with Gasteiger partial charge in [-0.25, -0.2) is 4.39 Å². The molecular formula is C10H12FNO3. The van der Waals surface area contributed by atoms with Gasteiger partial charge in [-0.05, 0) is 17.7 Å². The van der Waals surface area contributed by atoms with Crippen molar-refractivity contribution in [3.05, 3.63) is 35.6 Å². The average Bonchev–Trinajstić information content (AvgIpc) is 2.21. The van der Waals surface area contributed by atoms with E-state index in [-0.39, 0.29) is 12.4 Å². The van der Waals surface area contributed by atoms with Gasteiger partial charge in [0, 0.05) is 6.54 Å². The smallest absolute Gasteiger partial charge is 0.323 e. The molecule has 0 aliphatic carbocycles. The molecule has 1 atom stereocenters. The number of aliphatic hydroxyl groups is 1. The number of carboxylic acids is 1. The van der Waals surface area contributed by atoms with E-state index < -0.39 is 18.6 Å². The Kier molecular flexibility index (Phi) is 4.20. The average molecular weight is 213 g/mol. The third kappa shape index (κ3) is 3.65. The molecule has 1 aromatic rings. The van der Waals surface area contributed by atoms with Gasteiger partial charge in [-0.1, -0.05) is 12.1 Å². The van der Waals surface area contributed by atoms with Crippen LogP contribution in [-0.4, -0.2) is 28.8 Å². The van der Waals surface area contributed by atoms with Crippen LogP contribution in [-0.2, 0) is 11.3 Å². The molecule has 0 aliphatic rings. The number of halogens is 1. The van der Waals surface area contributed by atoms with E-state index in [1.807, 2.05) is 0 Å². The molecule has 0 unspecified atom stereocenters. The molecule has 0 aliphatic heterocycles. The quantitative estimate of drug-likeness (QED) is 0.660. The third-order valence-electron chi connectivity index (χ3n) is 1.95. The van der Waals surface area contributed by atoms with Crippen LogP contribution in [0.4, 0.5) is 4.39 Å². The van der Waals surface area contributed by atoms with Gasteiger partial charge in [0.1, 0.15) is 11.9 Å². The van der Waals surface area contributed by atoms with Crippen LogP contribution in [0.25, 0.3) is 0 Å². The predicted molar refractivity (Wildman–Crippen MR) is 51.7 cm³/mol. The molecule has 0 saturated carbocycles. The van der Waals surface area contributed by atoms with Crippen LogP contribution < -0.4 is 5.32 Å². The molecule has 0 amide bonds. The predicted octanol–water partition coefficient (Wildman–Crippen LogP) is 0.361. The molecule has 1 rings (SSSR count). The fourth-order valence-corrected chi connectivity index (χ4v) is 1.07. The lowest BCUT2D eigenvalue weighted by atomic mass is 10.2. The van der Waals surface area contributed by atoms with Crippen LogP contribution in [0.3, 0.4) is 0 Å². The molecule has 0 aromatic heterocycles. The van der Waals surface area contributed by atoms with Crippen molar-refractivity contribution in [1.82, 2.24) is 5.32 Å². The number of benzene rings is 1. The van der Waals surface area contributed by atoms with Crippen LogP contribution in [0.2, 0.25) is 0 Å². The van der Waals surface area contributed by atoms with E-state index in [1.165, 1.54) is 12.1 Å². The van der Waals surface area contributed by atoms with E-state index in [9.17, 15) is 9.18 Å². The van der Waals surface area contributed by atoms with Crippen LogP contribution in [0.15, 0.2) is 24.3 Å². The highest BCUT2D eigenvalue weighted by Crippen LogP contribution is 2.02. The standard InChI is InChI=1S/C10H12FNO3/c11-8-3-1-7(2-4-8)5-12-9(6-13)10(14)15/h1-4,9,12-13H,5-6H2,(H,14,15)/t9-/m0/s1. The van der Waals surface area contributed by atoms with Crippen molar-refractivity contribution in [1.29, 1.82) is 0 Å². The zero-order valence-electron chi connectivity index (χ0n) is 7.98. The Morgan fingerprint density at radius 3 is 2.47 bits per heavy atom. The van der Waals surface area contributed by atoms with Gasteiger partial charge in [0.2, 0.25) is 0 Å². The Hall–Kier alpha value is -1.46. The van der Waals surface area contributed by atoms with Crippen molar-refractivity contribution in [3.8, 4) is 0 Å². The van der Waals surface area contributed by atoms with Crippen LogP contribution in [0.5, 0.6) is 0 Å². The summed E-state index contributed by atoms with van der Waals surface area (Å²) in [6.45, 7) is -0.200. The van der Waals surface area contributed by atoms with Crippen LogP contribution >= 0.6 is 0 Å². The molecular weight excluding hydrogens is 201 g/mol. The number of hydrogen-bond acceptors (Lipinski definition) is 3. The second kappa shape index (κ2) is 5.43. The highest BCUT2D eigenvalue weighted by atomic mass is 19.1. The molecule has 5 heteroatoms. The van der Waals surface area contributed by atoms with Gasteiger partial charge in [-0.15, -0.1) is 0 Å². The van der Waals surface area contributed by atoms with Crippen molar-refractivity contribution in [3.63, 3.8) is 0 Å². The number of carboxylic acid groups (broad SMARTS) is 1. The highest BCUT2D eigenvalue weighted by molar-refractivity contribution is 5.73. The summed E-state index contributed by atoms with van der Waals surface area (Å²) in [5.74, 6) is -1.45. The zero-order chi connectivity index (χ0) is 11.3. The number of aliphatic carboxylic acids is 1. The summed E-state index contributed by atoms with van der Waals surface area (Å²) in [5, 5.41) is 20.0. The summed E-state index contributed by atoms with van der Waals surface area (Å²) in [6, 6.07) is 4.71. The summed E-state index contributed by atoms with van der Waals surface area (Å²) < 4.78 is 12.5. The summed E-state index contributed by atoms with van der Waals surface area (Å²) >= 11 is 0. The van der Waals surface area contributed by atoms with Crippen molar-refractivity contribution in [2.75, 3.05) is 6.61 Å². The number of hydrogen-bond donors (Lipinski definition) is 3. The van der Waals surface area contributed by atoms with Gasteiger partial charge in [0.15, 0.2) is 0 Å². The molecule has 0 bridgehead atoms. The van der Waals surface area contributed by atoms with Crippen molar-refractivity contribution in [2.45, 2.75) is 12.6 Å². The molecule has 15 heavy (non-hydrogen) atoms. The minimum atomic E-state index is -1.11. The Bertz CT molecular complexity index is 326. The first-order chi connectivity index (χ1) is 7.13. The molecule has 4 nitrogen and oxygen atoms in total. The maximum atomic E-state index is 12.5. The number of aliphatic hydroxyl groups excluding tert-OH is 1. The van der Waals surface area contributed by atoms with E-state index in [2.05, 4.69) is 5.32 Å². The zero-order valence-corrected chi connectivity index (χ0v) is 7.98. The monoisotopic (exact) mass is 213 g/mol. The highest BCUT2D eigenvalue weighted by Gasteiger charge is 2.14. The third-order valence-corrected chi connectivity index (χ3v) is 1.95. The lowest BCUT2D eigenvalue weighted by Gasteiger charge is -2.11. The van der Waals surface area contributed by atoms with Crippen LogP contribution in [0, 0.1) is 5.82 Å². The van der Waals surface area contributed by atoms with E-state index >= 15 is 0 Å². The van der Waals surface area contributed by atoms with Crippen molar-refractivity contribution in [2.24, 2.45) is 0 Å². The molecule has 0 spiro atoms. The molecule has 0 saturated heterocycles. The van der Waals surface area contributed by atoms with Gasteiger partial charge in [0.05, 0.1) is 6.61 Å². The fourth-order valence-electron chi connectivity index (χ4n) is 1.07. The summed E-state index contributed by atoms with van der Waals surface area (Å²) in [7, 11) is 0. The second-order valence-electron chi connectivity index (χ2n) is 3.08. The minimum Gasteiger partial charge on any atom is -0.480 e. The number of nitrogens with one attached hydrogen (secondary N) is 1. The van der Waals surface area contributed by atoms with Gasteiger partial charge in [-0.2, -0.15) is 0 Å². The number of rotatable bonds is 5. The van der Waals surface area contributed by atoms with E-state index in [1.54, 1.807) is 12.1 Å². The maximum absolute atomic E-state index is 12.5. The largest absolute Gasteiger partial charge is 0.480 e. The molecule has 3 N–H and O–H groups in total. The Balaban J connectivity index is 2.49. The molecule has 0 heterocycles. The first kappa shape index (κ1) is 11.6. The summed E-state index contributed by atoms with van der Waals surface area (Å²) in [6.07, 6.45) is 0. The maximum Gasteiger partial charge on any atom is 0.323 e. The molecule has 0 radical (unpaired) electrons. The Morgan fingerprint density at radius 2 is 2.00 bits per heavy atom. The van der Waals surface area contributed by atoms with E-state index in [0.29, 0.717) is 0 Å². The fraction of sp³-hybridized carbons (Fsp3) is 0.300. The van der Waals surface area contributed by atoms with Crippen LogP contribution in [0.1, 0.15) is 5.56 Å². The van der Waals surface area contributed by atoms with E-state index in [4.69, 9.17) is 10.2 Å². The lowest BCUT2D eigenvalue weighted by Crippen LogP contribution is -2.39. The molecule has 82 valence electrons. The minimum absolute atomic E-state index is 0.276. The Morgan fingerprint density at radius 1 is 1.40 bits per heavy atom. The van der Waals surface area contributed by atoms with Gasteiger partial charge in [0.25, 0.3) is 0 Å². The molecule has 1 aromatic carbocycles.